The molecule has 0 spiro atoms. The number of alkyl halides is 3. The molecule has 7 nitrogen and oxygen atoms in total. The molecule has 0 radical (unpaired) electrons. The summed E-state index contributed by atoms with van der Waals surface area (Å²) in [4.78, 5) is 11.9. The first-order valence-corrected chi connectivity index (χ1v) is 7.40. The fourth-order valence-corrected chi connectivity index (χ4v) is 2.25. The molecular formula is C16H16F4N4O3. The molecule has 0 heterocycles. The van der Waals surface area contributed by atoms with Gasteiger partial charge in [-0.05, 0) is 24.3 Å². The van der Waals surface area contributed by atoms with E-state index in [1.54, 1.807) is 0 Å². The number of hydrogen-bond donors (Lipinski definition) is 3. The van der Waals surface area contributed by atoms with Crippen molar-refractivity contribution in [3.05, 3.63) is 53.3 Å². The van der Waals surface area contributed by atoms with Crippen molar-refractivity contribution in [2.75, 3.05) is 12.1 Å². The van der Waals surface area contributed by atoms with Crippen LogP contribution in [0.1, 0.15) is 11.1 Å². The highest BCUT2D eigenvalue weighted by Crippen LogP contribution is 2.37. The van der Waals surface area contributed by atoms with Gasteiger partial charge in [-0.15, -0.1) is 0 Å². The summed E-state index contributed by atoms with van der Waals surface area (Å²) in [6.45, 7) is -0.748. The minimum absolute atomic E-state index is 0.314. The molecule has 0 saturated carbocycles. The number of phenols is 1. The molecule has 27 heavy (non-hydrogen) atoms. The standard InChI is InChI=1S/C16H16F4N4O3/c1-23(21)15(26)24(22)13-4-2-3-11(16(18,19)20)10(13)8-27-14-6-5-9(25)7-12(14)17/h2-7,25H,8,21-22H2,1H3. The van der Waals surface area contributed by atoms with Gasteiger partial charge in [0.15, 0.2) is 11.6 Å². The molecule has 0 saturated heterocycles. The molecule has 2 aromatic rings. The second-order valence-corrected chi connectivity index (χ2v) is 5.47. The molecule has 0 aliphatic rings. The van der Waals surface area contributed by atoms with Gasteiger partial charge in [0, 0.05) is 18.7 Å². The topological polar surface area (TPSA) is 105 Å². The van der Waals surface area contributed by atoms with Crippen LogP contribution in [0.5, 0.6) is 11.5 Å². The maximum absolute atomic E-state index is 13.8. The van der Waals surface area contributed by atoms with E-state index in [0.717, 1.165) is 37.4 Å². The smallest absolute Gasteiger partial charge is 0.416 e. The van der Waals surface area contributed by atoms with Gasteiger partial charge in [-0.3, -0.25) is 5.01 Å². The first kappa shape index (κ1) is 20.3. The Bertz CT molecular complexity index is 843. The maximum atomic E-state index is 13.8. The lowest BCUT2D eigenvalue weighted by atomic mass is 10.0. The summed E-state index contributed by atoms with van der Waals surface area (Å²) in [5, 5.41) is 10.2. The Labute approximate surface area is 151 Å². The number of hydrogen-bond acceptors (Lipinski definition) is 5. The zero-order valence-electron chi connectivity index (χ0n) is 14.0. The van der Waals surface area contributed by atoms with Crippen LogP contribution in [0, 0.1) is 5.82 Å². The predicted molar refractivity (Wildman–Crippen MR) is 87.9 cm³/mol. The van der Waals surface area contributed by atoms with Crippen LogP contribution in [0.4, 0.5) is 28.0 Å². The molecular weight excluding hydrogens is 372 g/mol. The van der Waals surface area contributed by atoms with Crippen LogP contribution in [-0.4, -0.2) is 23.2 Å². The van der Waals surface area contributed by atoms with E-state index in [0.29, 0.717) is 10.0 Å². The maximum Gasteiger partial charge on any atom is 0.416 e. The number of rotatable bonds is 4. The van der Waals surface area contributed by atoms with Crippen molar-refractivity contribution >= 4 is 11.7 Å². The van der Waals surface area contributed by atoms with Crippen LogP contribution < -0.4 is 21.4 Å². The number of nitrogens with two attached hydrogens (primary N) is 2. The van der Waals surface area contributed by atoms with Crippen LogP contribution in [0.3, 0.4) is 0 Å². The summed E-state index contributed by atoms with van der Waals surface area (Å²) in [6.07, 6.45) is -4.78. The minimum Gasteiger partial charge on any atom is -0.508 e. The quantitative estimate of drug-likeness (QED) is 0.323. The van der Waals surface area contributed by atoms with Crippen molar-refractivity contribution in [3.8, 4) is 11.5 Å². The Kier molecular flexibility index (Phi) is 5.76. The molecule has 5 N–H and O–H groups in total. The number of urea groups is 1. The number of hydrazine groups is 2. The Hall–Kier alpha value is -3.05. The average Bonchev–Trinajstić information content (AvgIpc) is 2.58. The normalized spacial score (nSPS) is 11.2. The highest BCUT2D eigenvalue weighted by atomic mass is 19.4. The van der Waals surface area contributed by atoms with Gasteiger partial charge in [0.2, 0.25) is 0 Å². The molecule has 2 rings (SSSR count). The Morgan fingerprint density at radius 1 is 1.22 bits per heavy atom. The van der Waals surface area contributed by atoms with E-state index in [4.69, 9.17) is 16.4 Å². The van der Waals surface area contributed by atoms with Gasteiger partial charge in [-0.1, -0.05) is 6.07 Å². The summed E-state index contributed by atoms with van der Waals surface area (Å²) in [5.74, 6) is 9.16. The van der Waals surface area contributed by atoms with E-state index in [-0.39, 0.29) is 17.2 Å². The minimum atomic E-state index is -4.78. The number of carbonyl (C=O) groups excluding carboxylic acids is 1. The van der Waals surface area contributed by atoms with E-state index >= 15 is 0 Å². The van der Waals surface area contributed by atoms with E-state index in [9.17, 15) is 27.5 Å². The molecule has 0 aromatic heterocycles. The van der Waals surface area contributed by atoms with E-state index in [1.807, 2.05) is 0 Å². The van der Waals surface area contributed by atoms with Gasteiger partial charge < -0.3 is 9.84 Å². The number of aromatic hydroxyl groups is 1. The van der Waals surface area contributed by atoms with Gasteiger partial charge in [-0.25, -0.2) is 25.9 Å². The fraction of sp³-hybridized carbons (Fsp3) is 0.188. The molecule has 0 aliphatic heterocycles. The van der Waals surface area contributed by atoms with Crippen LogP contribution >= 0.6 is 0 Å². The van der Waals surface area contributed by atoms with Gasteiger partial charge in [0.25, 0.3) is 0 Å². The first-order valence-electron chi connectivity index (χ1n) is 7.40. The molecule has 0 aliphatic carbocycles. The van der Waals surface area contributed by atoms with E-state index in [2.05, 4.69) is 0 Å². The lowest BCUT2D eigenvalue weighted by molar-refractivity contribution is -0.138. The molecule has 0 atom stereocenters. The van der Waals surface area contributed by atoms with Crippen LogP contribution in [-0.2, 0) is 12.8 Å². The molecule has 0 bridgehead atoms. The summed E-state index contributed by atoms with van der Waals surface area (Å²) >= 11 is 0. The number of halogens is 4. The molecule has 0 unspecified atom stereocenters. The largest absolute Gasteiger partial charge is 0.508 e. The number of phenolic OH excluding ortho intramolecular Hbond substituents is 1. The zero-order valence-corrected chi connectivity index (χ0v) is 14.0. The first-order chi connectivity index (χ1) is 12.5. The van der Waals surface area contributed by atoms with Crippen molar-refractivity contribution in [2.45, 2.75) is 12.8 Å². The highest BCUT2D eigenvalue weighted by molar-refractivity contribution is 5.91. The fourth-order valence-electron chi connectivity index (χ4n) is 2.25. The van der Waals surface area contributed by atoms with E-state index in [1.165, 1.54) is 6.07 Å². The Morgan fingerprint density at radius 2 is 1.89 bits per heavy atom. The average molecular weight is 388 g/mol. The lowest BCUT2D eigenvalue weighted by Crippen LogP contribution is -2.49. The number of nitrogens with zero attached hydrogens (tertiary/aromatic N) is 2. The number of carbonyl (C=O) groups is 1. The van der Waals surface area contributed by atoms with Gasteiger partial charge >= 0.3 is 12.2 Å². The van der Waals surface area contributed by atoms with Gasteiger partial charge in [0.1, 0.15) is 12.4 Å². The third-order valence-corrected chi connectivity index (χ3v) is 3.51. The lowest BCUT2D eigenvalue weighted by Gasteiger charge is -2.25. The van der Waals surface area contributed by atoms with Crippen molar-refractivity contribution in [1.82, 2.24) is 5.01 Å². The van der Waals surface area contributed by atoms with Gasteiger partial charge in [0.05, 0.1) is 11.3 Å². The molecule has 146 valence electrons. The SMILES string of the molecule is CN(N)C(=O)N(N)c1cccc(C(F)(F)F)c1COc1ccc(O)cc1F. The monoisotopic (exact) mass is 388 g/mol. The van der Waals surface area contributed by atoms with Crippen molar-refractivity contribution in [3.63, 3.8) is 0 Å². The van der Waals surface area contributed by atoms with Crippen molar-refractivity contribution in [2.24, 2.45) is 11.7 Å². The second kappa shape index (κ2) is 7.68. The third-order valence-electron chi connectivity index (χ3n) is 3.51. The van der Waals surface area contributed by atoms with Crippen molar-refractivity contribution < 1.29 is 32.2 Å². The summed E-state index contributed by atoms with van der Waals surface area (Å²) in [6, 6.07) is 4.94. The number of anilines is 1. The van der Waals surface area contributed by atoms with Crippen LogP contribution in [0.15, 0.2) is 36.4 Å². The van der Waals surface area contributed by atoms with Gasteiger partial charge in [-0.2, -0.15) is 13.2 Å². The molecule has 11 heteroatoms. The molecule has 2 amide bonds. The highest BCUT2D eigenvalue weighted by Gasteiger charge is 2.35. The van der Waals surface area contributed by atoms with Crippen LogP contribution in [0.25, 0.3) is 0 Å². The second-order valence-electron chi connectivity index (χ2n) is 5.47. The Balaban J connectivity index is 2.46. The molecule has 0 fully saturated rings. The van der Waals surface area contributed by atoms with Crippen LogP contribution in [0.2, 0.25) is 0 Å². The number of benzene rings is 2. The third kappa shape index (κ3) is 4.57. The summed E-state index contributed by atoms with van der Waals surface area (Å²) in [7, 11) is 1.16. The number of ether oxygens (including phenoxy) is 1. The summed E-state index contributed by atoms with van der Waals surface area (Å²) in [5.41, 5.74) is -1.91. The van der Waals surface area contributed by atoms with Crippen molar-refractivity contribution in [1.29, 1.82) is 0 Å². The number of amides is 2. The summed E-state index contributed by atoms with van der Waals surface area (Å²) < 4.78 is 59.0. The van der Waals surface area contributed by atoms with E-state index < -0.39 is 35.8 Å². The Morgan fingerprint density at radius 3 is 2.44 bits per heavy atom. The predicted octanol–water partition coefficient (Wildman–Crippen LogP) is 2.73. The molecule has 2 aromatic carbocycles. The zero-order chi connectivity index (χ0) is 20.4.